The lowest BCUT2D eigenvalue weighted by Crippen LogP contribution is -2.24. The van der Waals surface area contributed by atoms with Gasteiger partial charge in [-0.25, -0.2) is 4.39 Å². The minimum Gasteiger partial charge on any atom is -0.494 e. The van der Waals surface area contributed by atoms with E-state index in [4.69, 9.17) is 4.74 Å². The summed E-state index contributed by atoms with van der Waals surface area (Å²) in [5.74, 6) is -0.578. The van der Waals surface area contributed by atoms with Crippen molar-refractivity contribution in [3.05, 3.63) is 29.6 Å². The maximum Gasteiger partial charge on any atom is 0.389 e. The van der Waals surface area contributed by atoms with Crippen LogP contribution in [0.5, 0.6) is 5.75 Å². The maximum absolute atomic E-state index is 14.0. The molecule has 0 aliphatic rings. The maximum atomic E-state index is 14.0. The van der Waals surface area contributed by atoms with Gasteiger partial charge in [-0.3, -0.25) is 0 Å². The fourth-order valence-corrected chi connectivity index (χ4v) is 1.88. The van der Waals surface area contributed by atoms with Gasteiger partial charge >= 0.3 is 6.18 Å². The molecule has 1 unspecified atom stereocenters. The summed E-state index contributed by atoms with van der Waals surface area (Å²) in [4.78, 5) is 0. The molecule has 1 N–H and O–H groups in total. The van der Waals surface area contributed by atoms with Crippen LogP contribution in [-0.2, 0) is 0 Å². The molecule has 0 aliphatic carbocycles. The number of methoxy groups -OCH3 is 1. The van der Waals surface area contributed by atoms with Crippen LogP contribution < -0.4 is 10.1 Å². The van der Waals surface area contributed by atoms with Crippen molar-refractivity contribution < 1.29 is 22.3 Å². The molecule has 6 heteroatoms. The Morgan fingerprint density at radius 1 is 1.32 bits per heavy atom. The Balaban J connectivity index is 2.92. The van der Waals surface area contributed by atoms with Gasteiger partial charge in [0.15, 0.2) is 11.6 Å². The average Bonchev–Trinajstić information content (AvgIpc) is 2.34. The van der Waals surface area contributed by atoms with Crippen molar-refractivity contribution in [1.82, 2.24) is 5.32 Å². The molecule has 1 aromatic rings. The first-order valence-electron chi connectivity index (χ1n) is 6.01. The summed E-state index contributed by atoms with van der Waals surface area (Å²) < 4.78 is 55.7. The van der Waals surface area contributed by atoms with Gasteiger partial charge in [-0.1, -0.05) is 19.1 Å². The predicted molar refractivity (Wildman–Crippen MR) is 64.7 cm³/mol. The number of hydrogen-bond acceptors (Lipinski definition) is 2. The van der Waals surface area contributed by atoms with Crippen LogP contribution in [0.4, 0.5) is 17.6 Å². The first-order valence-corrected chi connectivity index (χ1v) is 6.01. The summed E-state index contributed by atoms with van der Waals surface area (Å²) in [6.45, 7) is 2.22. The van der Waals surface area contributed by atoms with Gasteiger partial charge in [0.25, 0.3) is 0 Å². The first kappa shape index (κ1) is 15.8. The standard InChI is InChI=1S/C13H17F4NO/c1-3-18-10(7-8-13(15,16)17)9-5-4-6-11(19-2)12(9)14/h4-6,10,18H,3,7-8H2,1-2H3. The van der Waals surface area contributed by atoms with E-state index in [0.717, 1.165) is 0 Å². The Kier molecular flexibility index (Phi) is 5.60. The summed E-state index contributed by atoms with van der Waals surface area (Å²) in [7, 11) is 1.32. The van der Waals surface area contributed by atoms with E-state index in [-0.39, 0.29) is 17.7 Å². The summed E-state index contributed by atoms with van der Waals surface area (Å²) in [6, 6.07) is 3.80. The van der Waals surface area contributed by atoms with Crippen molar-refractivity contribution >= 4 is 0 Å². The molecule has 108 valence electrons. The van der Waals surface area contributed by atoms with Crippen molar-refractivity contribution in [2.45, 2.75) is 32.0 Å². The Morgan fingerprint density at radius 3 is 2.53 bits per heavy atom. The molecule has 0 bridgehead atoms. The second kappa shape index (κ2) is 6.75. The minimum atomic E-state index is -4.25. The lowest BCUT2D eigenvalue weighted by Gasteiger charge is -2.20. The van der Waals surface area contributed by atoms with Gasteiger partial charge in [0, 0.05) is 18.0 Å². The zero-order valence-corrected chi connectivity index (χ0v) is 10.9. The molecule has 1 aromatic carbocycles. The van der Waals surface area contributed by atoms with Crippen molar-refractivity contribution in [3.63, 3.8) is 0 Å². The van der Waals surface area contributed by atoms with Crippen molar-refractivity contribution in [2.24, 2.45) is 0 Å². The third kappa shape index (κ3) is 4.70. The van der Waals surface area contributed by atoms with E-state index < -0.39 is 24.5 Å². The fraction of sp³-hybridized carbons (Fsp3) is 0.538. The van der Waals surface area contributed by atoms with Crippen LogP contribution in [0.3, 0.4) is 0 Å². The predicted octanol–water partition coefficient (Wildman–Crippen LogP) is 3.83. The van der Waals surface area contributed by atoms with E-state index in [1.807, 2.05) is 0 Å². The highest BCUT2D eigenvalue weighted by molar-refractivity contribution is 5.33. The summed E-state index contributed by atoms with van der Waals surface area (Å²) in [5.41, 5.74) is 0.199. The largest absolute Gasteiger partial charge is 0.494 e. The van der Waals surface area contributed by atoms with Gasteiger partial charge in [-0.15, -0.1) is 0 Å². The number of nitrogens with one attached hydrogen (secondary N) is 1. The molecule has 0 saturated carbocycles. The van der Waals surface area contributed by atoms with Crippen molar-refractivity contribution in [3.8, 4) is 5.75 Å². The van der Waals surface area contributed by atoms with Gasteiger partial charge in [-0.05, 0) is 19.0 Å². The molecule has 1 rings (SSSR count). The number of benzene rings is 1. The summed E-state index contributed by atoms with van der Waals surface area (Å²) >= 11 is 0. The van der Waals surface area contributed by atoms with Crippen molar-refractivity contribution in [2.75, 3.05) is 13.7 Å². The minimum absolute atomic E-state index is 0.0346. The van der Waals surface area contributed by atoms with Crippen LogP contribution in [0.1, 0.15) is 31.4 Å². The zero-order valence-electron chi connectivity index (χ0n) is 10.9. The number of rotatable bonds is 6. The van der Waals surface area contributed by atoms with Crippen LogP contribution in [0.15, 0.2) is 18.2 Å². The normalized spacial score (nSPS) is 13.4. The van der Waals surface area contributed by atoms with E-state index in [0.29, 0.717) is 6.54 Å². The van der Waals surface area contributed by atoms with Gasteiger partial charge in [0.1, 0.15) is 0 Å². The molecular formula is C13H17F4NO. The molecule has 1 atom stereocenters. The third-order valence-corrected chi connectivity index (χ3v) is 2.76. The van der Waals surface area contributed by atoms with Crippen LogP contribution in [-0.4, -0.2) is 19.8 Å². The lowest BCUT2D eigenvalue weighted by molar-refractivity contribution is -0.136. The van der Waals surface area contributed by atoms with Gasteiger partial charge < -0.3 is 10.1 Å². The molecule has 19 heavy (non-hydrogen) atoms. The highest BCUT2D eigenvalue weighted by Gasteiger charge is 2.29. The van der Waals surface area contributed by atoms with Crippen LogP contribution in [0.25, 0.3) is 0 Å². The smallest absolute Gasteiger partial charge is 0.389 e. The quantitative estimate of drug-likeness (QED) is 0.799. The average molecular weight is 279 g/mol. The van der Waals surface area contributed by atoms with Gasteiger partial charge in [0.2, 0.25) is 0 Å². The molecule has 0 radical (unpaired) electrons. The second-order valence-electron chi connectivity index (χ2n) is 4.13. The SMILES string of the molecule is CCNC(CCC(F)(F)F)c1cccc(OC)c1F. The fourth-order valence-electron chi connectivity index (χ4n) is 1.88. The van der Waals surface area contributed by atoms with E-state index in [1.165, 1.54) is 19.2 Å². The topological polar surface area (TPSA) is 21.3 Å². The number of hydrogen-bond donors (Lipinski definition) is 1. The van der Waals surface area contributed by atoms with E-state index in [1.54, 1.807) is 13.0 Å². The third-order valence-electron chi connectivity index (χ3n) is 2.76. The number of halogens is 4. The summed E-state index contributed by atoms with van der Waals surface area (Å²) in [5, 5.41) is 2.87. The Morgan fingerprint density at radius 2 is 2.00 bits per heavy atom. The van der Waals surface area contributed by atoms with Crippen LogP contribution in [0.2, 0.25) is 0 Å². The van der Waals surface area contributed by atoms with E-state index in [2.05, 4.69) is 5.32 Å². The molecule has 0 saturated heterocycles. The zero-order chi connectivity index (χ0) is 14.5. The van der Waals surface area contributed by atoms with E-state index >= 15 is 0 Å². The molecule has 0 fully saturated rings. The molecule has 2 nitrogen and oxygen atoms in total. The lowest BCUT2D eigenvalue weighted by atomic mass is 10.0. The van der Waals surface area contributed by atoms with Gasteiger partial charge in [-0.2, -0.15) is 13.2 Å². The molecule has 0 aliphatic heterocycles. The highest BCUT2D eigenvalue weighted by atomic mass is 19.4. The Hall–Kier alpha value is -1.30. The Labute approximate surface area is 109 Å². The van der Waals surface area contributed by atoms with Gasteiger partial charge in [0.05, 0.1) is 7.11 Å². The van der Waals surface area contributed by atoms with E-state index in [9.17, 15) is 17.6 Å². The monoisotopic (exact) mass is 279 g/mol. The summed E-state index contributed by atoms with van der Waals surface area (Å²) in [6.07, 6.45) is -5.41. The van der Waals surface area contributed by atoms with Crippen LogP contribution >= 0.6 is 0 Å². The molecular weight excluding hydrogens is 262 g/mol. The second-order valence-corrected chi connectivity index (χ2v) is 4.13. The number of alkyl halides is 3. The molecule has 0 spiro atoms. The van der Waals surface area contributed by atoms with Crippen molar-refractivity contribution in [1.29, 1.82) is 0 Å². The highest BCUT2D eigenvalue weighted by Crippen LogP contribution is 2.31. The molecule has 0 heterocycles. The Bertz CT molecular complexity index is 406. The number of ether oxygens (including phenoxy) is 1. The molecule has 0 amide bonds. The van der Waals surface area contributed by atoms with Crippen LogP contribution in [0, 0.1) is 5.82 Å². The molecule has 0 aromatic heterocycles. The first-order chi connectivity index (χ1) is 8.89.